The van der Waals surface area contributed by atoms with Crippen molar-refractivity contribution in [1.29, 1.82) is 0 Å². The number of rotatable bonds is 3. The largest absolute Gasteiger partial charge is 0.455 e. The number of ether oxygens (including phenoxy) is 1. The van der Waals surface area contributed by atoms with E-state index in [-0.39, 0.29) is 11.3 Å². The molecule has 2 atom stereocenters. The van der Waals surface area contributed by atoms with Crippen molar-refractivity contribution in [2.75, 3.05) is 17.8 Å². The summed E-state index contributed by atoms with van der Waals surface area (Å²) in [6.45, 7) is 5.45. The van der Waals surface area contributed by atoms with Crippen LogP contribution in [0.1, 0.15) is 20.8 Å². The van der Waals surface area contributed by atoms with Gasteiger partial charge in [0.1, 0.15) is 22.7 Å². The lowest BCUT2D eigenvalue weighted by Crippen LogP contribution is -2.68. The number of nitrogens with two attached hydrogens (primary N) is 1. The summed E-state index contributed by atoms with van der Waals surface area (Å²) in [5, 5.41) is -0.129. The second-order valence-electron chi connectivity index (χ2n) is 5.82. The number of hydrogen-bond acceptors (Lipinski definition) is 6. The van der Waals surface area contributed by atoms with Crippen LogP contribution < -0.4 is 5.73 Å². The van der Waals surface area contributed by atoms with Gasteiger partial charge in [0, 0.05) is 11.5 Å². The van der Waals surface area contributed by atoms with Crippen molar-refractivity contribution >= 4 is 35.4 Å². The lowest BCUT2D eigenvalue weighted by molar-refractivity contribution is -0.157. The van der Waals surface area contributed by atoms with E-state index < -0.39 is 17.6 Å². The first-order valence-corrected chi connectivity index (χ1v) is 8.85. The molecule has 2 heterocycles. The minimum absolute atomic E-state index is 0.129. The average molecular weight is 316 g/mol. The Morgan fingerprint density at radius 1 is 1.55 bits per heavy atom. The van der Waals surface area contributed by atoms with E-state index in [1.165, 1.54) is 4.90 Å². The van der Waals surface area contributed by atoms with Crippen molar-refractivity contribution in [3.8, 4) is 0 Å². The fourth-order valence-corrected chi connectivity index (χ4v) is 4.19. The number of carbonyl (C=O) groups excluding carboxylic acids is 2. The van der Waals surface area contributed by atoms with Gasteiger partial charge in [-0.3, -0.25) is 9.69 Å². The van der Waals surface area contributed by atoms with Gasteiger partial charge < -0.3 is 10.5 Å². The van der Waals surface area contributed by atoms with E-state index in [1.54, 1.807) is 23.5 Å². The fourth-order valence-electron chi connectivity index (χ4n) is 2.18. The molecule has 1 amide bonds. The van der Waals surface area contributed by atoms with E-state index in [9.17, 15) is 9.59 Å². The van der Waals surface area contributed by atoms with Crippen LogP contribution in [-0.2, 0) is 14.3 Å². The minimum Gasteiger partial charge on any atom is -0.455 e. The van der Waals surface area contributed by atoms with E-state index >= 15 is 0 Å². The molecule has 5 nitrogen and oxygen atoms in total. The van der Waals surface area contributed by atoms with E-state index in [1.807, 2.05) is 27.0 Å². The Bertz CT molecular complexity index is 471. The number of nitrogens with zero attached hydrogens (tertiary/aromatic N) is 1. The Morgan fingerprint density at radius 3 is 2.75 bits per heavy atom. The molecule has 0 saturated carbocycles. The van der Waals surface area contributed by atoms with Gasteiger partial charge in [0.15, 0.2) is 0 Å². The van der Waals surface area contributed by atoms with Crippen molar-refractivity contribution in [3.63, 3.8) is 0 Å². The third kappa shape index (κ3) is 2.84. The summed E-state index contributed by atoms with van der Waals surface area (Å²) in [6.07, 6.45) is 1.97. The molecule has 1 unspecified atom stereocenters. The van der Waals surface area contributed by atoms with Crippen LogP contribution in [0.3, 0.4) is 0 Å². The van der Waals surface area contributed by atoms with Crippen molar-refractivity contribution in [3.05, 3.63) is 11.3 Å². The Labute approximate surface area is 127 Å². The summed E-state index contributed by atoms with van der Waals surface area (Å²) < 4.78 is 5.44. The highest BCUT2D eigenvalue weighted by Gasteiger charge is 2.52. The normalized spacial score (nSPS) is 26.2. The number of hydrogen-bond donors (Lipinski definition) is 1. The molecule has 0 aromatic rings. The first-order chi connectivity index (χ1) is 9.26. The maximum Gasteiger partial charge on any atom is 0.355 e. The zero-order chi connectivity index (χ0) is 15.1. The van der Waals surface area contributed by atoms with Crippen LogP contribution in [0, 0.1) is 0 Å². The van der Waals surface area contributed by atoms with Crippen LogP contribution in [0.4, 0.5) is 0 Å². The Hall–Kier alpha value is -0.660. The zero-order valence-electron chi connectivity index (χ0n) is 12.1. The number of amides is 1. The molecule has 0 aromatic heterocycles. The molecular weight excluding hydrogens is 296 g/mol. The molecule has 7 heteroatoms. The second kappa shape index (κ2) is 5.61. The van der Waals surface area contributed by atoms with Crippen LogP contribution >= 0.6 is 23.5 Å². The molecular formula is C13H20N2O3S2. The van der Waals surface area contributed by atoms with Crippen molar-refractivity contribution in [2.24, 2.45) is 5.73 Å². The second-order valence-corrected chi connectivity index (χ2v) is 7.79. The molecule has 1 saturated heterocycles. The quantitative estimate of drug-likeness (QED) is 0.623. The first-order valence-electron chi connectivity index (χ1n) is 6.41. The monoisotopic (exact) mass is 316 g/mol. The molecule has 0 aliphatic carbocycles. The van der Waals surface area contributed by atoms with Crippen LogP contribution in [0.5, 0.6) is 0 Å². The van der Waals surface area contributed by atoms with E-state index in [4.69, 9.17) is 10.5 Å². The van der Waals surface area contributed by atoms with Gasteiger partial charge in [-0.15, -0.1) is 11.8 Å². The van der Waals surface area contributed by atoms with Gasteiger partial charge in [0.05, 0.1) is 0 Å². The molecule has 2 N–H and O–H groups in total. The first kappa shape index (κ1) is 15.7. The molecule has 2 aliphatic rings. The smallest absolute Gasteiger partial charge is 0.355 e. The standard InChI is InChI=1S/C13H20N2O3S2/c1-13(2,3)18-12(17)9-7(5-19-4)6-20-11-8(14)10(16)15(9)11/h8,11H,5-6,14H2,1-4H3/t8?,11-/m0/s1. The van der Waals surface area contributed by atoms with Gasteiger partial charge in [-0.25, -0.2) is 4.79 Å². The van der Waals surface area contributed by atoms with E-state index in [2.05, 4.69) is 0 Å². The molecule has 0 bridgehead atoms. The summed E-state index contributed by atoms with van der Waals surface area (Å²) in [5.41, 5.74) is 6.57. The lowest BCUT2D eigenvalue weighted by Gasteiger charge is -2.48. The Morgan fingerprint density at radius 2 is 2.20 bits per heavy atom. The number of carbonyl (C=O) groups is 2. The number of fused-ring (bicyclic) bond motifs is 1. The molecule has 112 valence electrons. The molecule has 20 heavy (non-hydrogen) atoms. The SMILES string of the molecule is CSCC1=C(C(=O)OC(C)(C)C)N2C(=O)C(N)[C@@H]2SC1. The van der Waals surface area contributed by atoms with E-state index in [0.29, 0.717) is 11.4 Å². The molecule has 2 aliphatic heterocycles. The van der Waals surface area contributed by atoms with Crippen LogP contribution in [0.2, 0.25) is 0 Å². The van der Waals surface area contributed by atoms with Crippen LogP contribution in [0.25, 0.3) is 0 Å². The molecule has 2 rings (SSSR count). The third-order valence-electron chi connectivity index (χ3n) is 3.00. The highest BCUT2D eigenvalue weighted by atomic mass is 32.2. The maximum atomic E-state index is 12.4. The number of thioether (sulfide) groups is 2. The average Bonchev–Trinajstić information content (AvgIpc) is 2.35. The van der Waals surface area contributed by atoms with Crippen molar-refractivity contribution in [2.45, 2.75) is 37.8 Å². The predicted octanol–water partition coefficient (Wildman–Crippen LogP) is 1.19. The summed E-state index contributed by atoms with van der Waals surface area (Å²) in [6, 6.07) is -0.506. The summed E-state index contributed by atoms with van der Waals surface area (Å²) in [4.78, 5) is 25.9. The molecule has 0 spiro atoms. The van der Waals surface area contributed by atoms with Gasteiger partial charge in [0.25, 0.3) is 0 Å². The summed E-state index contributed by atoms with van der Waals surface area (Å²) in [5.74, 6) is 0.819. The van der Waals surface area contributed by atoms with Gasteiger partial charge in [-0.05, 0) is 32.6 Å². The lowest BCUT2D eigenvalue weighted by atomic mass is 10.0. The van der Waals surface area contributed by atoms with Gasteiger partial charge >= 0.3 is 5.97 Å². The van der Waals surface area contributed by atoms with Crippen molar-refractivity contribution < 1.29 is 14.3 Å². The highest BCUT2D eigenvalue weighted by Crippen LogP contribution is 2.40. The Balaban J connectivity index is 2.31. The summed E-state index contributed by atoms with van der Waals surface area (Å²) in [7, 11) is 0. The highest BCUT2D eigenvalue weighted by molar-refractivity contribution is 8.00. The maximum absolute atomic E-state index is 12.4. The van der Waals surface area contributed by atoms with Crippen LogP contribution in [0.15, 0.2) is 11.3 Å². The topological polar surface area (TPSA) is 72.6 Å². The molecule has 0 aromatic carbocycles. The third-order valence-corrected chi connectivity index (χ3v) is 5.00. The molecule has 0 radical (unpaired) electrons. The number of β-lactam (4-membered cyclic amide) rings is 1. The predicted molar refractivity (Wildman–Crippen MR) is 82.3 cm³/mol. The van der Waals surface area contributed by atoms with Crippen molar-refractivity contribution in [1.82, 2.24) is 4.90 Å². The van der Waals surface area contributed by atoms with Gasteiger partial charge in [-0.1, -0.05) is 0 Å². The minimum atomic E-state index is -0.579. The Kier molecular flexibility index (Phi) is 4.41. The zero-order valence-corrected chi connectivity index (χ0v) is 13.8. The molecule has 1 fully saturated rings. The summed E-state index contributed by atoms with van der Waals surface area (Å²) >= 11 is 3.24. The van der Waals surface area contributed by atoms with E-state index in [0.717, 1.165) is 11.3 Å². The van der Waals surface area contributed by atoms with Crippen LogP contribution in [-0.4, -0.2) is 51.6 Å². The number of esters is 1. The van der Waals surface area contributed by atoms with Gasteiger partial charge in [0.2, 0.25) is 5.91 Å². The fraction of sp³-hybridized carbons (Fsp3) is 0.692. The van der Waals surface area contributed by atoms with Gasteiger partial charge in [-0.2, -0.15) is 11.8 Å².